The maximum Gasteiger partial charge on any atom is 0.311 e. The van der Waals surface area contributed by atoms with E-state index in [0.29, 0.717) is 11.3 Å². The van der Waals surface area contributed by atoms with Crippen LogP contribution in [0.4, 0.5) is 5.69 Å². The molecule has 1 amide bonds. The molecular weight excluding hydrogens is 300 g/mol. The molecule has 0 aliphatic heterocycles. The van der Waals surface area contributed by atoms with E-state index >= 15 is 0 Å². The molecule has 0 spiro atoms. The van der Waals surface area contributed by atoms with Gasteiger partial charge in [0.15, 0.2) is 11.4 Å². The molecule has 1 N–H and O–H groups in total. The Morgan fingerprint density at radius 2 is 2.00 bits per heavy atom. The van der Waals surface area contributed by atoms with Crippen LogP contribution in [0.2, 0.25) is 0 Å². The Morgan fingerprint density at radius 1 is 1.23 bits per heavy atom. The number of carbonyl (C=O) groups is 1. The van der Waals surface area contributed by atoms with E-state index in [9.17, 15) is 9.90 Å². The Kier molecular flexibility index (Phi) is 3.84. The van der Waals surface area contributed by atoms with Crippen LogP contribution in [0.1, 0.15) is 15.9 Å². The summed E-state index contributed by atoms with van der Waals surface area (Å²) in [7, 11) is 0. The maximum absolute atomic E-state index is 11.9. The summed E-state index contributed by atoms with van der Waals surface area (Å²) >= 11 is 1.48. The zero-order valence-corrected chi connectivity index (χ0v) is 12.5. The lowest BCUT2D eigenvalue weighted by Gasteiger charge is -1.94. The fourth-order valence-corrected chi connectivity index (χ4v) is 2.51. The van der Waals surface area contributed by atoms with Gasteiger partial charge < -0.3 is 9.52 Å². The number of benzene rings is 1. The van der Waals surface area contributed by atoms with Gasteiger partial charge in [-0.2, -0.15) is 0 Å². The van der Waals surface area contributed by atoms with Crippen LogP contribution in [0, 0.1) is 6.92 Å². The van der Waals surface area contributed by atoms with Crippen molar-refractivity contribution in [1.29, 1.82) is 0 Å². The lowest BCUT2D eigenvalue weighted by Crippen LogP contribution is -1.92. The smallest absolute Gasteiger partial charge is 0.311 e. The highest BCUT2D eigenvalue weighted by Gasteiger charge is 2.13. The molecule has 0 aliphatic rings. The normalized spacial score (nSPS) is 11.1. The number of furan rings is 1. The molecule has 6 heteroatoms. The number of thiophene rings is 1. The Bertz CT molecular complexity index is 818. The predicted molar refractivity (Wildman–Crippen MR) is 83.7 cm³/mol. The molecule has 3 rings (SSSR count). The average Bonchev–Trinajstić information content (AvgIpc) is 3.15. The molecule has 0 fully saturated rings. The van der Waals surface area contributed by atoms with E-state index in [1.807, 2.05) is 36.6 Å². The third-order valence-electron chi connectivity index (χ3n) is 3.00. The van der Waals surface area contributed by atoms with Gasteiger partial charge in [0, 0.05) is 11.6 Å². The highest BCUT2D eigenvalue weighted by molar-refractivity contribution is 7.13. The standard InChI is InChI=1S/C16H12N2O3S/c1-10-4-6-11(7-5-10)15(19)18-17-12-9-13(21-16(12)20)14-3-2-8-22-14/h2-9,20H,1H3. The minimum Gasteiger partial charge on any atom is -0.479 e. The number of aryl methyl sites for hydroxylation is 1. The van der Waals surface area contributed by atoms with Gasteiger partial charge in [0.2, 0.25) is 0 Å². The van der Waals surface area contributed by atoms with Crippen LogP contribution in [0.3, 0.4) is 0 Å². The molecule has 5 nitrogen and oxygen atoms in total. The van der Waals surface area contributed by atoms with E-state index in [1.54, 1.807) is 18.2 Å². The second-order valence-corrected chi connectivity index (χ2v) is 5.60. The van der Waals surface area contributed by atoms with Crippen LogP contribution in [-0.2, 0) is 0 Å². The molecule has 1 aromatic carbocycles. The molecule has 0 aliphatic carbocycles. The van der Waals surface area contributed by atoms with Gasteiger partial charge in [0.25, 0.3) is 5.91 Å². The number of hydrogen-bond acceptors (Lipinski definition) is 5. The first-order valence-electron chi connectivity index (χ1n) is 6.53. The number of hydrogen-bond donors (Lipinski definition) is 1. The predicted octanol–water partition coefficient (Wildman–Crippen LogP) is 4.95. The first kappa shape index (κ1) is 14.2. The summed E-state index contributed by atoms with van der Waals surface area (Å²) in [4.78, 5) is 12.8. The summed E-state index contributed by atoms with van der Waals surface area (Å²) in [6.45, 7) is 1.94. The fourth-order valence-electron chi connectivity index (χ4n) is 1.84. The average molecular weight is 312 g/mol. The zero-order chi connectivity index (χ0) is 15.5. The van der Waals surface area contributed by atoms with Crippen molar-refractivity contribution in [1.82, 2.24) is 0 Å². The molecule has 3 aromatic rings. The van der Waals surface area contributed by atoms with Crippen LogP contribution in [-0.4, -0.2) is 11.0 Å². The van der Waals surface area contributed by atoms with Crippen molar-refractivity contribution < 1.29 is 14.3 Å². The maximum atomic E-state index is 11.9. The molecule has 0 saturated carbocycles. The van der Waals surface area contributed by atoms with Crippen LogP contribution < -0.4 is 0 Å². The topological polar surface area (TPSA) is 75.2 Å². The Hall–Kier alpha value is -2.73. The number of rotatable bonds is 3. The molecule has 22 heavy (non-hydrogen) atoms. The van der Waals surface area contributed by atoms with Crippen LogP contribution in [0.15, 0.2) is 62.5 Å². The van der Waals surface area contributed by atoms with Gasteiger partial charge in [0.05, 0.1) is 4.88 Å². The largest absolute Gasteiger partial charge is 0.479 e. The molecule has 0 bridgehead atoms. The van der Waals surface area contributed by atoms with E-state index in [2.05, 4.69) is 10.2 Å². The molecule has 0 radical (unpaired) electrons. The van der Waals surface area contributed by atoms with Crippen molar-refractivity contribution in [3.05, 3.63) is 59.0 Å². The van der Waals surface area contributed by atoms with E-state index in [4.69, 9.17) is 4.42 Å². The second kappa shape index (κ2) is 5.95. The van der Waals surface area contributed by atoms with Gasteiger partial charge in [-0.25, -0.2) is 0 Å². The van der Waals surface area contributed by atoms with Crippen molar-refractivity contribution >= 4 is 22.9 Å². The Labute approximate surface area is 130 Å². The van der Waals surface area contributed by atoms with Crippen LogP contribution in [0.5, 0.6) is 5.95 Å². The summed E-state index contributed by atoms with van der Waals surface area (Å²) in [5, 5.41) is 19.0. The van der Waals surface area contributed by atoms with Crippen LogP contribution in [0.25, 0.3) is 10.6 Å². The number of aromatic hydroxyl groups is 1. The highest BCUT2D eigenvalue weighted by Crippen LogP contribution is 2.37. The summed E-state index contributed by atoms with van der Waals surface area (Å²) in [5.74, 6) is -0.341. The molecule has 0 unspecified atom stereocenters. The third kappa shape index (κ3) is 2.96. The summed E-state index contributed by atoms with van der Waals surface area (Å²) in [6, 6.07) is 12.3. The molecule has 110 valence electrons. The zero-order valence-electron chi connectivity index (χ0n) is 11.7. The number of azo groups is 1. The highest BCUT2D eigenvalue weighted by atomic mass is 32.1. The molecule has 2 aromatic heterocycles. The van der Waals surface area contributed by atoms with Gasteiger partial charge in [-0.1, -0.05) is 23.8 Å². The van der Waals surface area contributed by atoms with Gasteiger partial charge in [-0.15, -0.1) is 21.6 Å². The lowest BCUT2D eigenvalue weighted by molar-refractivity contribution is 0.0995. The number of carbonyl (C=O) groups excluding carboxylic acids is 1. The van der Waals surface area contributed by atoms with Gasteiger partial charge in [-0.05, 0) is 30.5 Å². The van der Waals surface area contributed by atoms with Crippen LogP contribution >= 0.6 is 11.3 Å². The van der Waals surface area contributed by atoms with E-state index in [0.717, 1.165) is 10.4 Å². The first-order valence-corrected chi connectivity index (χ1v) is 7.41. The SMILES string of the molecule is Cc1ccc(C(=O)N=Nc2cc(-c3cccs3)oc2O)cc1. The molecule has 0 atom stereocenters. The van der Waals surface area contributed by atoms with Crippen molar-refractivity contribution in [2.75, 3.05) is 0 Å². The van der Waals surface area contributed by atoms with E-state index < -0.39 is 5.91 Å². The Morgan fingerprint density at radius 3 is 2.68 bits per heavy atom. The van der Waals surface area contributed by atoms with E-state index in [1.165, 1.54) is 11.3 Å². The Balaban J connectivity index is 1.80. The minimum absolute atomic E-state index is 0.129. The number of amides is 1. The molecular formula is C16H12N2O3S. The van der Waals surface area contributed by atoms with E-state index in [-0.39, 0.29) is 11.6 Å². The van der Waals surface area contributed by atoms with Gasteiger partial charge in [0.1, 0.15) is 0 Å². The first-order chi connectivity index (χ1) is 10.6. The molecule has 0 saturated heterocycles. The minimum atomic E-state index is -0.474. The van der Waals surface area contributed by atoms with Gasteiger partial charge >= 0.3 is 5.95 Å². The monoisotopic (exact) mass is 312 g/mol. The third-order valence-corrected chi connectivity index (χ3v) is 3.89. The quantitative estimate of drug-likeness (QED) is 0.695. The lowest BCUT2D eigenvalue weighted by atomic mass is 10.1. The van der Waals surface area contributed by atoms with Gasteiger partial charge in [-0.3, -0.25) is 4.79 Å². The second-order valence-electron chi connectivity index (χ2n) is 4.65. The summed E-state index contributed by atoms with van der Waals surface area (Å²) in [6.07, 6.45) is 0. The van der Waals surface area contributed by atoms with Crippen molar-refractivity contribution in [3.63, 3.8) is 0 Å². The van der Waals surface area contributed by atoms with Crippen molar-refractivity contribution in [2.45, 2.75) is 6.92 Å². The summed E-state index contributed by atoms with van der Waals surface area (Å²) in [5.41, 5.74) is 1.63. The fraction of sp³-hybridized carbons (Fsp3) is 0.0625. The van der Waals surface area contributed by atoms with Crippen molar-refractivity contribution in [2.24, 2.45) is 10.2 Å². The molecule has 2 heterocycles. The number of nitrogens with zero attached hydrogens (tertiary/aromatic N) is 2. The summed E-state index contributed by atoms with van der Waals surface area (Å²) < 4.78 is 5.21. The van der Waals surface area contributed by atoms with Crippen molar-refractivity contribution in [3.8, 4) is 16.6 Å².